The van der Waals surface area contributed by atoms with Crippen molar-refractivity contribution in [2.24, 2.45) is 5.73 Å². The van der Waals surface area contributed by atoms with E-state index in [2.05, 4.69) is 11.6 Å². The van der Waals surface area contributed by atoms with E-state index in [1.807, 2.05) is 19.1 Å². The fourth-order valence-corrected chi connectivity index (χ4v) is 3.15. The van der Waals surface area contributed by atoms with Crippen LogP contribution in [0.4, 0.5) is 0 Å². The second kappa shape index (κ2) is 7.62. The normalized spacial score (nSPS) is 13.4. The Bertz CT molecular complexity index is 469. The molecule has 0 spiro atoms. The summed E-state index contributed by atoms with van der Waals surface area (Å²) in [7, 11) is -3.46. The van der Waals surface area contributed by atoms with Crippen molar-refractivity contribution in [3.63, 3.8) is 0 Å². The van der Waals surface area contributed by atoms with E-state index in [1.54, 1.807) is 12.1 Å². The van der Waals surface area contributed by atoms with Gasteiger partial charge in [-0.3, -0.25) is 0 Å². The highest BCUT2D eigenvalue weighted by Gasteiger charge is 2.18. The van der Waals surface area contributed by atoms with Crippen LogP contribution in [0.1, 0.15) is 38.7 Å². The van der Waals surface area contributed by atoms with Crippen LogP contribution < -0.4 is 10.5 Å². The van der Waals surface area contributed by atoms with Crippen molar-refractivity contribution in [3.8, 4) is 0 Å². The zero-order chi connectivity index (χ0) is 14.3. The fourth-order valence-electron chi connectivity index (χ4n) is 1.87. The molecule has 108 valence electrons. The van der Waals surface area contributed by atoms with E-state index in [0.29, 0.717) is 11.4 Å². The minimum atomic E-state index is -3.46. The van der Waals surface area contributed by atoms with Crippen LogP contribution in [-0.4, -0.2) is 21.0 Å². The van der Waals surface area contributed by atoms with Gasteiger partial charge in [-0.05, 0) is 30.5 Å². The van der Waals surface area contributed by atoms with Crippen LogP contribution in [0.2, 0.25) is 0 Å². The van der Waals surface area contributed by atoms with E-state index in [9.17, 15) is 8.42 Å². The first kappa shape index (κ1) is 16.1. The van der Waals surface area contributed by atoms with Crippen LogP contribution in [0.25, 0.3) is 0 Å². The summed E-state index contributed by atoms with van der Waals surface area (Å²) in [6, 6.07) is 6.80. The predicted octanol–water partition coefficient (Wildman–Crippen LogP) is 2.04. The molecule has 1 rings (SSSR count). The Morgan fingerprint density at radius 3 is 2.32 bits per heavy atom. The van der Waals surface area contributed by atoms with E-state index in [1.165, 1.54) is 0 Å². The van der Waals surface area contributed by atoms with Gasteiger partial charge in [0.1, 0.15) is 0 Å². The molecule has 0 radical (unpaired) electrons. The van der Waals surface area contributed by atoms with Crippen molar-refractivity contribution in [3.05, 3.63) is 29.8 Å². The van der Waals surface area contributed by atoms with Gasteiger partial charge in [0.15, 0.2) is 0 Å². The van der Waals surface area contributed by atoms with Crippen molar-refractivity contribution >= 4 is 10.0 Å². The molecular weight excluding hydrogens is 260 g/mol. The molecule has 0 bridgehead atoms. The van der Waals surface area contributed by atoms with Gasteiger partial charge in [0.05, 0.1) is 4.90 Å². The van der Waals surface area contributed by atoms with Gasteiger partial charge in [-0.15, -0.1) is 0 Å². The molecule has 0 aromatic heterocycles. The van der Waals surface area contributed by atoms with Crippen LogP contribution in [0.5, 0.6) is 0 Å². The molecule has 1 aromatic carbocycles. The van der Waals surface area contributed by atoms with Gasteiger partial charge >= 0.3 is 0 Å². The lowest BCUT2D eigenvalue weighted by Crippen LogP contribution is -2.40. The van der Waals surface area contributed by atoms with E-state index in [0.717, 1.165) is 31.2 Å². The third-order valence-corrected chi connectivity index (χ3v) is 4.69. The van der Waals surface area contributed by atoms with E-state index >= 15 is 0 Å². The molecule has 0 fully saturated rings. The van der Waals surface area contributed by atoms with Gasteiger partial charge in [-0.25, -0.2) is 13.1 Å². The molecule has 0 saturated heterocycles. The van der Waals surface area contributed by atoms with Crippen LogP contribution in [0.3, 0.4) is 0 Å². The summed E-state index contributed by atoms with van der Waals surface area (Å²) in [5.74, 6) is 0. The van der Waals surface area contributed by atoms with Gasteiger partial charge in [0.2, 0.25) is 10.0 Å². The van der Waals surface area contributed by atoms with Gasteiger partial charge in [-0.2, -0.15) is 0 Å². The zero-order valence-corrected chi connectivity index (χ0v) is 12.5. The monoisotopic (exact) mass is 284 g/mol. The summed E-state index contributed by atoms with van der Waals surface area (Å²) in [4.78, 5) is 0.305. The molecule has 5 heteroatoms. The molecule has 4 nitrogen and oxygen atoms in total. The Morgan fingerprint density at radius 2 is 1.84 bits per heavy atom. The molecule has 3 N–H and O–H groups in total. The van der Waals surface area contributed by atoms with Crippen molar-refractivity contribution in [2.45, 2.75) is 50.5 Å². The molecule has 1 unspecified atom stereocenters. The van der Waals surface area contributed by atoms with Crippen molar-refractivity contribution in [2.75, 3.05) is 6.54 Å². The predicted molar refractivity (Wildman–Crippen MR) is 78.5 cm³/mol. The zero-order valence-electron chi connectivity index (χ0n) is 11.7. The third-order valence-electron chi connectivity index (χ3n) is 3.15. The highest BCUT2D eigenvalue weighted by Crippen LogP contribution is 2.12. The standard InChI is InChI=1S/C14H24N2O2S/c1-3-5-6-13(11-15)16-19(17,18)14-9-7-12(4-2)8-10-14/h7-10,13,16H,3-6,11,15H2,1-2H3. The van der Waals surface area contributed by atoms with E-state index in [4.69, 9.17) is 5.73 Å². The molecule has 0 saturated carbocycles. The molecule has 0 amide bonds. The molecule has 1 atom stereocenters. The first-order valence-corrected chi connectivity index (χ1v) is 8.33. The number of rotatable bonds is 8. The Balaban J connectivity index is 2.78. The molecule has 0 heterocycles. The third kappa shape index (κ3) is 4.93. The number of hydrogen-bond acceptors (Lipinski definition) is 3. The second-order valence-electron chi connectivity index (χ2n) is 4.69. The van der Waals surface area contributed by atoms with Gasteiger partial charge in [0.25, 0.3) is 0 Å². The molecule has 1 aromatic rings. The number of hydrogen-bond donors (Lipinski definition) is 2. The highest BCUT2D eigenvalue weighted by molar-refractivity contribution is 7.89. The van der Waals surface area contributed by atoms with Crippen molar-refractivity contribution in [1.29, 1.82) is 0 Å². The molecule has 0 aliphatic carbocycles. The summed E-state index contributed by atoms with van der Waals surface area (Å²) < 4.78 is 27.1. The number of nitrogens with two attached hydrogens (primary N) is 1. The maximum atomic E-state index is 12.2. The Labute approximate surface area is 116 Å². The molecule has 19 heavy (non-hydrogen) atoms. The van der Waals surface area contributed by atoms with E-state index in [-0.39, 0.29) is 6.04 Å². The Hall–Kier alpha value is -0.910. The van der Waals surface area contributed by atoms with Crippen LogP contribution >= 0.6 is 0 Å². The largest absolute Gasteiger partial charge is 0.329 e. The average molecular weight is 284 g/mol. The quantitative estimate of drug-likeness (QED) is 0.767. The van der Waals surface area contributed by atoms with Crippen molar-refractivity contribution < 1.29 is 8.42 Å². The first-order valence-electron chi connectivity index (χ1n) is 6.84. The number of unbranched alkanes of at least 4 members (excludes halogenated alkanes) is 1. The summed E-state index contributed by atoms with van der Waals surface area (Å²) in [5.41, 5.74) is 6.74. The summed E-state index contributed by atoms with van der Waals surface area (Å²) in [5, 5.41) is 0. The Kier molecular flexibility index (Phi) is 6.48. The first-order chi connectivity index (χ1) is 9.03. The highest BCUT2D eigenvalue weighted by atomic mass is 32.2. The summed E-state index contributed by atoms with van der Waals surface area (Å²) in [6.45, 7) is 4.44. The smallest absolute Gasteiger partial charge is 0.240 e. The maximum absolute atomic E-state index is 12.2. The van der Waals surface area contributed by atoms with Crippen LogP contribution in [0, 0.1) is 0 Å². The fraction of sp³-hybridized carbons (Fsp3) is 0.571. The number of sulfonamides is 1. The van der Waals surface area contributed by atoms with Crippen LogP contribution in [0.15, 0.2) is 29.2 Å². The summed E-state index contributed by atoms with van der Waals surface area (Å²) in [6.07, 6.45) is 3.68. The van der Waals surface area contributed by atoms with Gasteiger partial charge in [-0.1, -0.05) is 38.8 Å². The lowest BCUT2D eigenvalue weighted by Gasteiger charge is -2.16. The number of nitrogens with one attached hydrogen (secondary N) is 1. The SMILES string of the molecule is CCCCC(CN)NS(=O)(=O)c1ccc(CC)cc1. The lowest BCUT2D eigenvalue weighted by molar-refractivity contribution is 0.516. The minimum absolute atomic E-state index is 0.184. The molecular formula is C14H24N2O2S. The number of aryl methyl sites for hydroxylation is 1. The topological polar surface area (TPSA) is 72.2 Å². The van der Waals surface area contributed by atoms with Gasteiger partial charge in [0, 0.05) is 12.6 Å². The average Bonchev–Trinajstić information content (AvgIpc) is 2.43. The molecule has 0 aliphatic rings. The maximum Gasteiger partial charge on any atom is 0.240 e. The van der Waals surface area contributed by atoms with E-state index < -0.39 is 10.0 Å². The van der Waals surface area contributed by atoms with Gasteiger partial charge < -0.3 is 5.73 Å². The Morgan fingerprint density at radius 1 is 1.21 bits per heavy atom. The minimum Gasteiger partial charge on any atom is -0.329 e. The second-order valence-corrected chi connectivity index (χ2v) is 6.41. The van der Waals surface area contributed by atoms with Crippen molar-refractivity contribution in [1.82, 2.24) is 4.72 Å². The van der Waals surface area contributed by atoms with Crippen LogP contribution in [-0.2, 0) is 16.4 Å². The lowest BCUT2D eigenvalue weighted by atomic mass is 10.1. The summed E-state index contributed by atoms with van der Waals surface area (Å²) >= 11 is 0. The number of benzene rings is 1. The molecule has 0 aliphatic heterocycles.